The molecule has 0 unspecified atom stereocenters. The second kappa shape index (κ2) is 6.48. The van der Waals surface area contributed by atoms with Gasteiger partial charge in [0.2, 0.25) is 5.91 Å². The van der Waals surface area contributed by atoms with Crippen LogP contribution in [0, 0.1) is 0 Å². The molecule has 0 fully saturated rings. The van der Waals surface area contributed by atoms with Crippen LogP contribution in [0.3, 0.4) is 0 Å². The van der Waals surface area contributed by atoms with Gasteiger partial charge in [0.25, 0.3) is 0 Å². The lowest BCUT2D eigenvalue weighted by Gasteiger charge is -2.17. The Morgan fingerprint density at radius 3 is 2.65 bits per heavy atom. The average molecular weight is 305 g/mol. The van der Waals surface area contributed by atoms with Crippen molar-refractivity contribution in [1.29, 1.82) is 0 Å². The normalized spacial score (nSPS) is 10.7. The fourth-order valence-corrected chi connectivity index (χ4v) is 2.52. The van der Waals surface area contributed by atoms with Gasteiger partial charge in [-0.1, -0.05) is 36.4 Å². The third-order valence-corrected chi connectivity index (χ3v) is 3.79. The molecule has 116 valence electrons. The highest BCUT2D eigenvalue weighted by Gasteiger charge is 2.11. The molecular weight excluding hydrogens is 286 g/mol. The lowest BCUT2D eigenvalue weighted by atomic mass is 10.1. The number of nitrogens with zero attached hydrogens (tertiary/aromatic N) is 2. The van der Waals surface area contributed by atoms with Gasteiger partial charge in [0.05, 0.1) is 17.6 Å². The highest BCUT2D eigenvalue weighted by molar-refractivity contribution is 5.83. The van der Waals surface area contributed by atoms with Crippen molar-refractivity contribution in [2.45, 2.75) is 13.0 Å². The Bertz CT molecular complexity index is 830. The predicted octanol–water partition coefficient (Wildman–Crippen LogP) is 3.02. The number of benzene rings is 2. The van der Waals surface area contributed by atoms with Crippen molar-refractivity contribution in [3.8, 4) is 0 Å². The number of hydrogen-bond acceptors (Lipinski definition) is 3. The Kier molecular flexibility index (Phi) is 4.24. The number of hydrogen-bond donors (Lipinski definition) is 1. The van der Waals surface area contributed by atoms with Gasteiger partial charge in [-0.3, -0.25) is 9.78 Å². The first-order valence-corrected chi connectivity index (χ1v) is 7.55. The smallest absolute Gasteiger partial charge is 0.228 e. The summed E-state index contributed by atoms with van der Waals surface area (Å²) in [4.78, 5) is 18.6. The number of amides is 1. The summed E-state index contributed by atoms with van der Waals surface area (Å²) < 4.78 is 0. The fourth-order valence-electron chi connectivity index (χ4n) is 2.52. The first-order valence-electron chi connectivity index (χ1n) is 7.55. The molecule has 0 radical (unpaired) electrons. The van der Waals surface area contributed by atoms with Crippen molar-refractivity contribution >= 4 is 22.5 Å². The number of aromatic nitrogens is 1. The van der Waals surface area contributed by atoms with Crippen molar-refractivity contribution in [1.82, 2.24) is 9.88 Å². The molecule has 0 atom stereocenters. The molecule has 4 nitrogen and oxygen atoms in total. The minimum absolute atomic E-state index is 0.0520. The zero-order chi connectivity index (χ0) is 16.2. The van der Waals surface area contributed by atoms with Crippen molar-refractivity contribution in [2.24, 2.45) is 0 Å². The van der Waals surface area contributed by atoms with Gasteiger partial charge in [0.15, 0.2) is 0 Å². The number of anilines is 1. The van der Waals surface area contributed by atoms with Crippen LogP contribution < -0.4 is 5.73 Å². The van der Waals surface area contributed by atoms with Crippen molar-refractivity contribution < 1.29 is 4.79 Å². The third kappa shape index (κ3) is 3.66. The van der Waals surface area contributed by atoms with Crippen LogP contribution in [-0.4, -0.2) is 22.8 Å². The van der Waals surface area contributed by atoms with E-state index in [1.807, 2.05) is 67.7 Å². The molecule has 1 heterocycles. The molecule has 23 heavy (non-hydrogen) atoms. The number of nitrogens with two attached hydrogens (primary N) is 1. The maximum Gasteiger partial charge on any atom is 0.228 e. The Morgan fingerprint density at radius 1 is 1.09 bits per heavy atom. The lowest BCUT2D eigenvalue weighted by Crippen LogP contribution is -2.28. The molecule has 4 heteroatoms. The van der Waals surface area contributed by atoms with E-state index in [-0.39, 0.29) is 5.91 Å². The second-order valence-corrected chi connectivity index (χ2v) is 5.67. The number of pyridine rings is 1. The van der Waals surface area contributed by atoms with Crippen LogP contribution in [0.1, 0.15) is 11.3 Å². The Morgan fingerprint density at radius 2 is 1.87 bits per heavy atom. The van der Waals surface area contributed by atoms with Gasteiger partial charge >= 0.3 is 0 Å². The Labute approximate surface area is 135 Å². The summed E-state index contributed by atoms with van der Waals surface area (Å²) >= 11 is 0. The molecule has 1 amide bonds. The van der Waals surface area contributed by atoms with Crippen LogP contribution >= 0.6 is 0 Å². The Balaban J connectivity index is 1.70. The van der Waals surface area contributed by atoms with Crippen LogP contribution in [0.5, 0.6) is 0 Å². The SMILES string of the molecule is CN(Cc1ccccc1)C(=O)Cc1ccc2cc(N)ccc2n1. The monoisotopic (exact) mass is 305 g/mol. The second-order valence-electron chi connectivity index (χ2n) is 5.67. The molecule has 0 aliphatic carbocycles. The van der Waals surface area contributed by atoms with E-state index in [1.165, 1.54) is 0 Å². The molecular formula is C19H19N3O. The maximum absolute atomic E-state index is 12.4. The van der Waals surface area contributed by atoms with Crippen LogP contribution in [0.25, 0.3) is 10.9 Å². The van der Waals surface area contributed by atoms with Crippen molar-refractivity contribution in [2.75, 3.05) is 12.8 Å². The van der Waals surface area contributed by atoms with Crippen LogP contribution in [0.4, 0.5) is 5.69 Å². The maximum atomic E-state index is 12.4. The first kappa shape index (κ1) is 15.0. The number of rotatable bonds is 4. The van der Waals surface area contributed by atoms with Crippen LogP contribution in [0.2, 0.25) is 0 Å². The van der Waals surface area contributed by atoms with E-state index in [0.29, 0.717) is 18.7 Å². The predicted molar refractivity (Wildman–Crippen MR) is 92.8 cm³/mol. The van der Waals surface area contributed by atoms with Gasteiger partial charge in [-0.15, -0.1) is 0 Å². The molecule has 0 aliphatic rings. The summed E-state index contributed by atoms with van der Waals surface area (Å²) in [5.41, 5.74) is 9.22. The summed E-state index contributed by atoms with van der Waals surface area (Å²) in [6.45, 7) is 0.601. The van der Waals surface area contributed by atoms with Gasteiger partial charge < -0.3 is 10.6 Å². The van der Waals surface area contributed by atoms with Gasteiger partial charge in [0, 0.05) is 24.7 Å². The average Bonchev–Trinajstić information content (AvgIpc) is 2.56. The molecule has 0 saturated heterocycles. The van der Waals surface area contributed by atoms with Gasteiger partial charge in [-0.05, 0) is 29.8 Å². The fraction of sp³-hybridized carbons (Fsp3) is 0.158. The molecule has 0 aliphatic heterocycles. The Hall–Kier alpha value is -2.88. The van der Waals surface area contributed by atoms with Gasteiger partial charge in [-0.2, -0.15) is 0 Å². The zero-order valence-corrected chi connectivity index (χ0v) is 13.1. The standard InChI is InChI=1S/C19H19N3O/c1-22(13-14-5-3-2-4-6-14)19(23)12-17-9-7-15-11-16(20)8-10-18(15)21-17/h2-11H,12-13,20H2,1H3. The van der Waals surface area contributed by atoms with E-state index in [4.69, 9.17) is 5.73 Å². The highest BCUT2D eigenvalue weighted by Crippen LogP contribution is 2.16. The van der Waals surface area contributed by atoms with E-state index in [9.17, 15) is 4.79 Å². The largest absolute Gasteiger partial charge is 0.399 e. The quantitative estimate of drug-likeness (QED) is 0.754. The topological polar surface area (TPSA) is 59.2 Å². The molecule has 3 aromatic rings. The molecule has 3 rings (SSSR count). The number of nitrogen functional groups attached to an aromatic ring is 1. The van der Waals surface area contributed by atoms with Crippen molar-refractivity contribution in [3.05, 3.63) is 71.9 Å². The van der Waals surface area contributed by atoms with E-state index in [1.54, 1.807) is 4.90 Å². The van der Waals surface area contributed by atoms with E-state index in [2.05, 4.69) is 4.98 Å². The number of carbonyl (C=O) groups excluding carboxylic acids is 1. The van der Waals surface area contributed by atoms with E-state index in [0.717, 1.165) is 22.2 Å². The number of carbonyl (C=O) groups is 1. The third-order valence-electron chi connectivity index (χ3n) is 3.79. The number of fused-ring (bicyclic) bond motifs is 1. The minimum Gasteiger partial charge on any atom is -0.399 e. The molecule has 2 N–H and O–H groups in total. The van der Waals surface area contributed by atoms with Gasteiger partial charge in [0.1, 0.15) is 0 Å². The van der Waals surface area contributed by atoms with Crippen LogP contribution in [-0.2, 0) is 17.8 Å². The number of likely N-dealkylation sites (N-methyl/N-ethyl adjacent to an activating group) is 1. The van der Waals surface area contributed by atoms with Gasteiger partial charge in [-0.25, -0.2) is 0 Å². The summed E-state index contributed by atoms with van der Waals surface area (Å²) in [6, 6.07) is 19.4. The highest BCUT2D eigenvalue weighted by atomic mass is 16.2. The molecule has 1 aromatic heterocycles. The molecule has 0 spiro atoms. The van der Waals surface area contributed by atoms with Crippen LogP contribution in [0.15, 0.2) is 60.7 Å². The van der Waals surface area contributed by atoms with E-state index < -0.39 is 0 Å². The summed E-state index contributed by atoms with van der Waals surface area (Å²) in [7, 11) is 1.82. The summed E-state index contributed by atoms with van der Waals surface area (Å²) in [5.74, 6) is 0.0520. The molecule has 0 saturated carbocycles. The zero-order valence-electron chi connectivity index (χ0n) is 13.1. The summed E-state index contributed by atoms with van der Waals surface area (Å²) in [5, 5.41) is 0.985. The summed E-state index contributed by atoms with van der Waals surface area (Å²) in [6.07, 6.45) is 0.295. The first-order chi connectivity index (χ1) is 11.1. The lowest BCUT2D eigenvalue weighted by molar-refractivity contribution is -0.129. The minimum atomic E-state index is 0.0520. The molecule has 2 aromatic carbocycles. The van der Waals surface area contributed by atoms with E-state index >= 15 is 0 Å². The van der Waals surface area contributed by atoms with Crippen molar-refractivity contribution in [3.63, 3.8) is 0 Å². The molecule has 0 bridgehead atoms.